The van der Waals surface area contributed by atoms with Crippen LogP contribution in [0.15, 0.2) is 0 Å². The standard InChI is InChI=1S/C19H39N4/c1-3-23-19(20-2)18(11-7-5-9-15-22-23)10-6-4-8-14-21-16-17-12-13-17/h17-21H,3-16H2,1-2H3/q-1. The van der Waals surface area contributed by atoms with Crippen molar-refractivity contribution in [1.82, 2.24) is 15.6 Å². The van der Waals surface area contributed by atoms with E-state index in [0.29, 0.717) is 6.17 Å². The van der Waals surface area contributed by atoms with E-state index in [4.69, 9.17) is 5.43 Å². The summed E-state index contributed by atoms with van der Waals surface area (Å²) in [6.07, 6.45) is 14.1. The van der Waals surface area contributed by atoms with Crippen LogP contribution in [0.3, 0.4) is 0 Å². The Hall–Kier alpha value is -0.160. The van der Waals surface area contributed by atoms with Gasteiger partial charge in [-0.15, -0.1) is 6.54 Å². The molecule has 136 valence electrons. The maximum atomic E-state index is 4.82. The average molecular weight is 324 g/mol. The van der Waals surface area contributed by atoms with Crippen LogP contribution in [0.2, 0.25) is 0 Å². The van der Waals surface area contributed by atoms with Crippen molar-refractivity contribution in [3.63, 3.8) is 0 Å². The van der Waals surface area contributed by atoms with Crippen molar-refractivity contribution in [2.24, 2.45) is 11.8 Å². The molecule has 2 aliphatic rings. The monoisotopic (exact) mass is 323 g/mol. The first kappa shape index (κ1) is 19.2. The molecule has 0 aromatic heterocycles. The van der Waals surface area contributed by atoms with Gasteiger partial charge in [-0.2, -0.15) is 0 Å². The van der Waals surface area contributed by atoms with Gasteiger partial charge in [-0.05, 0) is 70.6 Å². The molecule has 4 nitrogen and oxygen atoms in total. The van der Waals surface area contributed by atoms with Crippen molar-refractivity contribution in [2.45, 2.75) is 77.3 Å². The predicted molar refractivity (Wildman–Crippen MR) is 99.5 cm³/mol. The minimum atomic E-state index is 0.436. The summed E-state index contributed by atoms with van der Waals surface area (Å²) in [5.41, 5.74) is 4.82. The molecule has 4 heteroatoms. The molecule has 2 fully saturated rings. The molecule has 1 aliphatic carbocycles. The second-order valence-electron chi connectivity index (χ2n) is 7.46. The summed E-state index contributed by atoms with van der Waals surface area (Å²) in [6.45, 7) is 6.73. The van der Waals surface area contributed by atoms with Gasteiger partial charge in [0.25, 0.3) is 0 Å². The van der Waals surface area contributed by atoms with Gasteiger partial charge >= 0.3 is 0 Å². The number of nitrogens with one attached hydrogen (secondary N) is 2. The molecule has 2 N–H and O–H groups in total. The Morgan fingerprint density at radius 3 is 2.65 bits per heavy atom. The molecule has 1 saturated carbocycles. The van der Waals surface area contributed by atoms with Crippen LogP contribution < -0.4 is 10.6 Å². The Kier molecular flexibility index (Phi) is 9.50. The van der Waals surface area contributed by atoms with Gasteiger partial charge in [-0.25, -0.2) is 0 Å². The van der Waals surface area contributed by atoms with Crippen molar-refractivity contribution in [2.75, 3.05) is 33.2 Å². The number of rotatable bonds is 10. The zero-order chi connectivity index (χ0) is 16.3. The molecule has 2 unspecified atom stereocenters. The van der Waals surface area contributed by atoms with Gasteiger partial charge in [-0.1, -0.05) is 39.0 Å². The molecule has 0 bridgehead atoms. The van der Waals surface area contributed by atoms with Gasteiger partial charge < -0.3 is 21.1 Å². The maximum Gasteiger partial charge on any atom is 0.0456 e. The molecule has 0 radical (unpaired) electrons. The number of unbranched alkanes of at least 4 members (excludes halogenated alkanes) is 2. The van der Waals surface area contributed by atoms with Gasteiger partial charge in [0.05, 0.1) is 0 Å². The van der Waals surface area contributed by atoms with Crippen molar-refractivity contribution < 1.29 is 0 Å². The van der Waals surface area contributed by atoms with E-state index >= 15 is 0 Å². The van der Waals surface area contributed by atoms with E-state index < -0.39 is 0 Å². The first-order chi connectivity index (χ1) is 11.3. The Bertz CT molecular complexity index is 293. The second kappa shape index (κ2) is 11.4. The fourth-order valence-corrected chi connectivity index (χ4v) is 3.83. The summed E-state index contributed by atoms with van der Waals surface area (Å²) < 4.78 is 0. The molecule has 2 atom stereocenters. The van der Waals surface area contributed by atoms with Crippen LogP contribution in [0, 0.1) is 11.8 Å². The molecule has 0 spiro atoms. The van der Waals surface area contributed by atoms with Crippen LogP contribution in [-0.4, -0.2) is 44.4 Å². The van der Waals surface area contributed by atoms with Crippen LogP contribution in [0.5, 0.6) is 0 Å². The summed E-state index contributed by atoms with van der Waals surface area (Å²) in [6, 6.07) is 0. The molecule has 0 amide bonds. The summed E-state index contributed by atoms with van der Waals surface area (Å²) in [5.74, 6) is 1.76. The Balaban J connectivity index is 1.65. The zero-order valence-electron chi connectivity index (χ0n) is 15.5. The average Bonchev–Trinajstić information content (AvgIpc) is 3.37. The van der Waals surface area contributed by atoms with E-state index in [9.17, 15) is 0 Å². The highest BCUT2D eigenvalue weighted by Crippen LogP contribution is 2.28. The summed E-state index contributed by atoms with van der Waals surface area (Å²) >= 11 is 0. The van der Waals surface area contributed by atoms with E-state index in [2.05, 4.69) is 29.6 Å². The van der Waals surface area contributed by atoms with E-state index in [-0.39, 0.29) is 0 Å². The highest BCUT2D eigenvalue weighted by atomic mass is 15.5. The first-order valence-electron chi connectivity index (χ1n) is 10.2. The molecule has 1 saturated heterocycles. The smallest absolute Gasteiger partial charge is 0.0456 e. The maximum absolute atomic E-state index is 4.82. The fraction of sp³-hybridized carbons (Fsp3) is 1.00. The summed E-state index contributed by atoms with van der Waals surface area (Å²) in [4.78, 5) is 0. The molecular formula is C19H39N4-. The van der Waals surface area contributed by atoms with Gasteiger partial charge in [0, 0.05) is 6.17 Å². The van der Waals surface area contributed by atoms with Gasteiger partial charge in [0.15, 0.2) is 0 Å². The van der Waals surface area contributed by atoms with E-state index in [1.807, 2.05) is 0 Å². The van der Waals surface area contributed by atoms with Crippen LogP contribution in [0.25, 0.3) is 5.43 Å². The number of hydrogen-bond donors (Lipinski definition) is 2. The Morgan fingerprint density at radius 2 is 1.91 bits per heavy atom. The summed E-state index contributed by atoms with van der Waals surface area (Å²) in [7, 11) is 2.11. The van der Waals surface area contributed by atoms with Gasteiger partial charge in [0.1, 0.15) is 0 Å². The lowest BCUT2D eigenvalue weighted by Crippen LogP contribution is -2.47. The SMILES string of the molecule is CCN1[N-]CCCCCC(CCCCCNCC2CC2)C1NC. The number of hydrogen-bond acceptors (Lipinski definition) is 3. The number of nitrogens with zero attached hydrogens (tertiary/aromatic N) is 2. The van der Waals surface area contributed by atoms with E-state index in [0.717, 1.165) is 24.9 Å². The third kappa shape index (κ3) is 7.51. The van der Waals surface area contributed by atoms with E-state index in [1.54, 1.807) is 0 Å². The van der Waals surface area contributed by atoms with Crippen LogP contribution in [0.4, 0.5) is 0 Å². The Morgan fingerprint density at radius 1 is 1.04 bits per heavy atom. The fourth-order valence-electron chi connectivity index (χ4n) is 3.83. The van der Waals surface area contributed by atoms with Crippen LogP contribution in [0.1, 0.15) is 71.1 Å². The molecule has 23 heavy (non-hydrogen) atoms. The quantitative estimate of drug-likeness (QED) is 0.599. The lowest BCUT2D eigenvalue weighted by Gasteiger charge is -2.46. The van der Waals surface area contributed by atoms with Crippen molar-refractivity contribution in [1.29, 1.82) is 0 Å². The highest BCUT2D eigenvalue weighted by molar-refractivity contribution is 4.86. The molecule has 1 aliphatic heterocycles. The van der Waals surface area contributed by atoms with Gasteiger partial charge in [-0.3, -0.25) is 0 Å². The third-order valence-corrected chi connectivity index (χ3v) is 5.46. The Labute approximate surface area is 144 Å². The highest BCUT2D eigenvalue weighted by Gasteiger charge is 2.22. The normalized spacial score (nSPS) is 27.4. The van der Waals surface area contributed by atoms with Crippen molar-refractivity contribution in [3.8, 4) is 0 Å². The van der Waals surface area contributed by atoms with Crippen molar-refractivity contribution in [3.05, 3.63) is 5.43 Å². The lowest BCUT2D eigenvalue weighted by molar-refractivity contribution is 0.147. The second-order valence-corrected chi connectivity index (χ2v) is 7.46. The minimum absolute atomic E-state index is 0.436. The van der Waals surface area contributed by atoms with Crippen molar-refractivity contribution >= 4 is 0 Å². The molecular weight excluding hydrogens is 284 g/mol. The topological polar surface area (TPSA) is 41.4 Å². The predicted octanol–water partition coefficient (Wildman–Crippen LogP) is 3.89. The molecule has 1 heterocycles. The molecule has 2 rings (SSSR count). The molecule has 0 aromatic rings. The van der Waals surface area contributed by atoms with Gasteiger partial charge in [0.2, 0.25) is 0 Å². The summed E-state index contributed by atoms with van der Waals surface area (Å²) in [5, 5.41) is 9.48. The van der Waals surface area contributed by atoms with Crippen LogP contribution in [-0.2, 0) is 0 Å². The largest absolute Gasteiger partial charge is 0.593 e. The minimum Gasteiger partial charge on any atom is -0.593 e. The lowest BCUT2D eigenvalue weighted by atomic mass is 9.92. The van der Waals surface area contributed by atoms with E-state index in [1.165, 1.54) is 77.3 Å². The third-order valence-electron chi connectivity index (χ3n) is 5.46. The molecule has 0 aromatic carbocycles. The van der Waals surface area contributed by atoms with Crippen LogP contribution >= 0.6 is 0 Å². The zero-order valence-corrected chi connectivity index (χ0v) is 15.5. The first-order valence-corrected chi connectivity index (χ1v) is 10.2.